The first kappa shape index (κ1) is 20.0. The van der Waals surface area contributed by atoms with Gasteiger partial charge in [0.2, 0.25) is 0 Å². The van der Waals surface area contributed by atoms with Gasteiger partial charge in [0.15, 0.2) is 5.41 Å². The van der Waals surface area contributed by atoms with Crippen LogP contribution in [0.2, 0.25) is 5.02 Å². The van der Waals surface area contributed by atoms with Crippen LogP contribution in [0.1, 0.15) is 32.3 Å². The lowest BCUT2D eigenvalue weighted by Gasteiger charge is -2.48. The van der Waals surface area contributed by atoms with Gasteiger partial charge in [0, 0.05) is 35.5 Å². The van der Waals surface area contributed by atoms with E-state index in [0.717, 1.165) is 11.1 Å². The molecule has 2 N–H and O–H groups in total. The third kappa shape index (κ3) is 2.96. The average Bonchev–Trinajstić information content (AvgIpc) is 2.66. The molecule has 0 bridgehead atoms. The van der Waals surface area contributed by atoms with Crippen LogP contribution in [0.4, 0.5) is 0 Å². The van der Waals surface area contributed by atoms with Crippen molar-refractivity contribution in [2.75, 3.05) is 13.1 Å². The van der Waals surface area contributed by atoms with Crippen molar-refractivity contribution >= 4 is 11.6 Å². The first-order valence-electron chi connectivity index (χ1n) is 9.13. The lowest BCUT2D eigenvalue weighted by Crippen LogP contribution is -2.52. The van der Waals surface area contributed by atoms with Gasteiger partial charge in [-0.25, -0.2) is 0 Å². The van der Waals surface area contributed by atoms with E-state index in [2.05, 4.69) is 43.9 Å². The SMILES string of the molecule is CC(C)(C)N1CC=C2C(C#N)=C(N)C(C#N)(C#N)[C@@H](c3cccc(Cl)c3)[C@@H]2C1. The zero-order valence-electron chi connectivity index (χ0n) is 16.2. The Morgan fingerprint density at radius 3 is 2.43 bits per heavy atom. The number of hydrogen-bond donors (Lipinski definition) is 1. The third-order valence-electron chi connectivity index (χ3n) is 5.82. The quantitative estimate of drug-likeness (QED) is 0.783. The van der Waals surface area contributed by atoms with Gasteiger partial charge in [0.25, 0.3) is 0 Å². The fourth-order valence-corrected chi connectivity index (χ4v) is 4.50. The van der Waals surface area contributed by atoms with Crippen LogP contribution in [0.3, 0.4) is 0 Å². The molecule has 1 aromatic rings. The highest BCUT2D eigenvalue weighted by Gasteiger charge is 2.54. The number of nitriles is 3. The summed E-state index contributed by atoms with van der Waals surface area (Å²) in [6.07, 6.45) is 2.01. The Balaban J connectivity index is 2.31. The van der Waals surface area contributed by atoms with E-state index in [-0.39, 0.29) is 22.7 Å². The summed E-state index contributed by atoms with van der Waals surface area (Å²) in [5, 5.41) is 30.5. The Morgan fingerprint density at radius 2 is 1.89 bits per heavy atom. The summed E-state index contributed by atoms with van der Waals surface area (Å²) >= 11 is 6.23. The fraction of sp³-hybridized carbons (Fsp3) is 0.409. The maximum Gasteiger partial charge on any atom is 0.191 e. The first-order valence-corrected chi connectivity index (χ1v) is 9.51. The number of nitrogens with zero attached hydrogens (tertiary/aromatic N) is 4. The summed E-state index contributed by atoms with van der Waals surface area (Å²) in [4.78, 5) is 2.29. The molecule has 3 rings (SSSR count). The van der Waals surface area contributed by atoms with E-state index in [9.17, 15) is 15.8 Å². The summed E-state index contributed by atoms with van der Waals surface area (Å²) in [6.45, 7) is 7.68. The zero-order chi connectivity index (χ0) is 20.7. The van der Waals surface area contributed by atoms with Crippen molar-refractivity contribution in [1.29, 1.82) is 15.8 Å². The maximum absolute atomic E-state index is 10.1. The molecule has 2 aliphatic rings. The molecule has 1 aliphatic carbocycles. The number of benzene rings is 1. The first-order chi connectivity index (χ1) is 13.2. The highest BCUT2D eigenvalue weighted by atomic mass is 35.5. The molecule has 142 valence electrons. The Morgan fingerprint density at radius 1 is 1.21 bits per heavy atom. The van der Waals surface area contributed by atoms with E-state index in [4.69, 9.17) is 17.3 Å². The van der Waals surface area contributed by atoms with Crippen molar-refractivity contribution in [2.45, 2.75) is 32.2 Å². The van der Waals surface area contributed by atoms with Crippen LogP contribution in [0.15, 0.2) is 47.2 Å². The van der Waals surface area contributed by atoms with E-state index in [1.807, 2.05) is 18.2 Å². The summed E-state index contributed by atoms with van der Waals surface area (Å²) in [5.41, 5.74) is 6.49. The maximum atomic E-state index is 10.1. The van der Waals surface area contributed by atoms with E-state index in [1.165, 1.54) is 0 Å². The molecule has 28 heavy (non-hydrogen) atoms. The molecule has 1 aromatic carbocycles. The highest BCUT2D eigenvalue weighted by molar-refractivity contribution is 6.30. The van der Waals surface area contributed by atoms with Crippen LogP contribution in [0.25, 0.3) is 0 Å². The van der Waals surface area contributed by atoms with Crippen molar-refractivity contribution in [3.63, 3.8) is 0 Å². The van der Waals surface area contributed by atoms with Gasteiger partial charge in [0.05, 0.1) is 23.4 Å². The normalized spacial score (nSPS) is 24.4. The van der Waals surface area contributed by atoms with Gasteiger partial charge in [-0.1, -0.05) is 29.8 Å². The molecule has 0 unspecified atom stereocenters. The fourth-order valence-electron chi connectivity index (χ4n) is 4.30. The van der Waals surface area contributed by atoms with Gasteiger partial charge >= 0.3 is 0 Å². The molecule has 1 heterocycles. The molecule has 0 fully saturated rings. The van der Waals surface area contributed by atoms with Crippen molar-refractivity contribution < 1.29 is 0 Å². The Hall–Kier alpha value is -2.78. The predicted molar refractivity (Wildman–Crippen MR) is 108 cm³/mol. The molecular weight excluding hydrogens is 370 g/mol. The van der Waals surface area contributed by atoms with Gasteiger partial charge in [-0.05, 0) is 44.0 Å². The minimum absolute atomic E-state index is 0.0386. The van der Waals surface area contributed by atoms with Crippen LogP contribution in [0, 0.1) is 45.3 Å². The standard InChI is InChI=1S/C22H22ClN5/c1-21(2,3)28-8-7-16-17(10-24)20(27)22(12-25,13-26)19(18(16)11-28)14-5-4-6-15(23)9-14/h4-7,9,18-19H,8,11,27H2,1-3H3/t18-,19+/m1/s1. The van der Waals surface area contributed by atoms with Crippen LogP contribution in [0.5, 0.6) is 0 Å². The van der Waals surface area contributed by atoms with Crippen LogP contribution >= 0.6 is 11.6 Å². The number of fused-ring (bicyclic) bond motifs is 1. The minimum Gasteiger partial charge on any atom is -0.399 e. The Labute approximate surface area is 170 Å². The van der Waals surface area contributed by atoms with Crippen molar-refractivity contribution in [1.82, 2.24) is 4.90 Å². The summed E-state index contributed by atoms with van der Waals surface area (Å²) in [5.74, 6) is -0.734. The average molecular weight is 392 g/mol. The van der Waals surface area contributed by atoms with E-state index < -0.39 is 11.3 Å². The highest BCUT2D eigenvalue weighted by Crippen LogP contribution is 2.54. The van der Waals surface area contributed by atoms with Gasteiger partial charge in [-0.2, -0.15) is 15.8 Å². The Kier molecular flexibility index (Phi) is 4.99. The van der Waals surface area contributed by atoms with Gasteiger partial charge in [0.1, 0.15) is 6.07 Å². The molecule has 0 saturated heterocycles. The zero-order valence-corrected chi connectivity index (χ0v) is 17.0. The van der Waals surface area contributed by atoms with E-state index >= 15 is 0 Å². The van der Waals surface area contributed by atoms with Gasteiger partial charge in [-0.15, -0.1) is 0 Å². The van der Waals surface area contributed by atoms with Gasteiger partial charge < -0.3 is 5.73 Å². The topological polar surface area (TPSA) is 101 Å². The van der Waals surface area contributed by atoms with Crippen molar-refractivity contribution in [2.24, 2.45) is 17.1 Å². The second-order valence-electron chi connectivity index (χ2n) is 8.31. The summed E-state index contributed by atoms with van der Waals surface area (Å²) in [6, 6.07) is 13.7. The van der Waals surface area contributed by atoms with Crippen molar-refractivity contribution in [3.05, 3.63) is 57.8 Å². The lowest BCUT2D eigenvalue weighted by atomic mass is 9.58. The second-order valence-corrected chi connectivity index (χ2v) is 8.74. The van der Waals surface area contributed by atoms with Crippen LogP contribution in [-0.4, -0.2) is 23.5 Å². The monoisotopic (exact) mass is 391 g/mol. The number of allylic oxidation sites excluding steroid dienone is 2. The van der Waals surface area contributed by atoms with Crippen LogP contribution in [-0.2, 0) is 0 Å². The Bertz CT molecular complexity index is 979. The molecule has 0 saturated carbocycles. The molecule has 0 amide bonds. The van der Waals surface area contributed by atoms with Crippen molar-refractivity contribution in [3.8, 4) is 18.2 Å². The molecule has 0 aromatic heterocycles. The molecule has 5 nitrogen and oxygen atoms in total. The molecule has 0 radical (unpaired) electrons. The van der Waals surface area contributed by atoms with Crippen LogP contribution < -0.4 is 5.73 Å². The second kappa shape index (κ2) is 6.99. The summed E-state index contributed by atoms with van der Waals surface area (Å²) in [7, 11) is 0. The van der Waals surface area contributed by atoms with E-state index in [1.54, 1.807) is 12.1 Å². The third-order valence-corrected chi connectivity index (χ3v) is 6.06. The lowest BCUT2D eigenvalue weighted by molar-refractivity contribution is 0.110. The molecular formula is C22H22ClN5. The summed E-state index contributed by atoms with van der Waals surface area (Å²) < 4.78 is 0. The molecule has 2 atom stereocenters. The number of nitrogens with two attached hydrogens (primary N) is 1. The minimum atomic E-state index is -1.63. The molecule has 6 heteroatoms. The number of halogens is 1. The number of hydrogen-bond acceptors (Lipinski definition) is 5. The molecule has 1 aliphatic heterocycles. The van der Waals surface area contributed by atoms with Gasteiger partial charge in [-0.3, -0.25) is 4.90 Å². The smallest absolute Gasteiger partial charge is 0.191 e. The number of rotatable bonds is 1. The predicted octanol–water partition coefficient (Wildman–Crippen LogP) is 3.86. The van der Waals surface area contributed by atoms with E-state index in [0.29, 0.717) is 18.1 Å². The largest absolute Gasteiger partial charge is 0.399 e. The molecule has 0 spiro atoms.